The van der Waals surface area contributed by atoms with E-state index in [0.29, 0.717) is 10.6 Å². The number of aliphatic hydroxyl groups excluding tert-OH is 1. The molecule has 0 saturated heterocycles. The second-order valence-corrected chi connectivity index (χ2v) is 2.58. The summed E-state index contributed by atoms with van der Waals surface area (Å²) in [6.45, 7) is -0.524. The van der Waals surface area contributed by atoms with Gasteiger partial charge >= 0.3 is 0 Å². The molecule has 1 rings (SSSR count). The van der Waals surface area contributed by atoms with Gasteiger partial charge in [0.25, 0.3) is 0 Å². The third-order valence-electron chi connectivity index (χ3n) is 1.40. The SMILES string of the molecule is OCC(F)c1ccccc1Cl. The summed E-state index contributed by atoms with van der Waals surface area (Å²) in [5, 5.41) is 8.83. The molecule has 60 valence electrons. The first-order valence-electron chi connectivity index (χ1n) is 3.25. The van der Waals surface area contributed by atoms with Crippen LogP contribution in [0, 0.1) is 0 Å². The molecule has 1 nitrogen and oxygen atoms in total. The molecule has 0 radical (unpaired) electrons. The van der Waals surface area contributed by atoms with Gasteiger partial charge in [-0.1, -0.05) is 29.8 Å². The van der Waals surface area contributed by atoms with Gasteiger partial charge in [0.2, 0.25) is 0 Å². The molecule has 1 atom stereocenters. The molecule has 0 aliphatic heterocycles. The van der Waals surface area contributed by atoms with Crippen LogP contribution >= 0.6 is 11.6 Å². The summed E-state index contributed by atoms with van der Waals surface area (Å²) in [5.41, 5.74) is 0.344. The standard InChI is InChI=1S/C8H8ClFO/c9-7-4-2-1-3-6(7)8(10)5-11/h1-4,8,11H,5H2. The van der Waals surface area contributed by atoms with Crippen molar-refractivity contribution < 1.29 is 9.50 Å². The fourth-order valence-corrected chi connectivity index (χ4v) is 1.08. The molecule has 3 heteroatoms. The molecule has 0 amide bonds. The van der Waals surface area contributed by atoms with Gasteiger partial charge in [-0.15, -0.1) is 0 Å². The van der Waals surface area contributed by atoms with Gasteiger partial charge in [-0.05, 0) is 6.07 Å². The van der Waals surface area contributed by atoms with Crippen molar-refractivity contribution in [2.24, 2.45) is 0 Å². The third kappa shape index (κ3) is 1.91. The van der Waals surface area contributed by atoms with E-state index in [9.17, 15) is 4.39 Å². The highest BCUT2D eigenvalue weighted by molar-refractivity contribution is 6.31. The summed E-state index contributed by atoms with van der Waals surface area (Å²) in [6.07, 6.45) is -1.37. The van der Waals surface area contributed by atoms with Crippen molar-refractivity contribution in [2.75, 3.05) is 6.61 Å². The predicted molar refractivity (Wildman–Crippen MR) is 42.4 cm³/mol. The van der Waals surface area contributed by atoms with Crippen LogP contribution in [0.3, 0.4) is 0 Å². The van der Waals surface area contributed by atoms with E-state index in [2.05, 4.69) is 0 Å². The Labute approximate surface area is 69.4 Å². The first kappa shape index (κ1) is 8.50. The Kier molecular flexibility index (Phi) is 2.85. The smallest absolute Gasteiger partial charge is 0.150 e. The number of alkyl halides is 1. The van der Waals surface area contributed by atoms with Gasteiger partial charge < -0.3 is 5.11 Å². The predicted octanol–water partition coefficient (Wildman–Crippen LogP) is 2.34. The van der Waals surface area contributed by atoms with E-state index >= 15 is 0 Å². The lowest BCUT2D eigenvalue weighted by Crippen LogP contribution is -1.97. The molecular weight excluding hydrogens is 167 g/mol. The summed E-state index contributed by atoms with van der Waals surface area (Å²) in [6, 6.07) is 6.56. The molecule has 0 bridgehead atoms. The number of hydrogen-bond donors (Lipinski definition) is 1. The van der Waals surface area contributed by atoms with Gasteiger partial charge in [0.15, 0.2) is 0 Å². The summed E-state index contributed by atoms with van der Waals surface area (Å²) < 4.78 is 12.8. The van der Waals surface area contributed by atoms with Crippen LogP contribution in [0.4, 0.5) is 4.39 Å². The van der Waals surface area contributed by atoms with E-state index < -0.39 is 12.8 Å². The quantitative estimate of drug-likeness (QED) is 0.730. The molecule has 1 aromatic carbocycles. The number of aliphatic hydroxyl groups is 1. The first-order valence-corrected chi connectivity index (χ1v) is 3.63. The van der Waals surface area contributed by atoms with Crippen molar-refractivity contribution in [2.45, 2.75) is 6.17 Å². The van der Waals surface area contributed by atoms with Crippen molar-refractivity contribution in [3.05, 3.63) is 34.9 Å². The lowest BCUT2D eigenvalue weighted by Gasteiger charge is -2.05. The molecule has 0 aliphatic rings. The average Bonchev–Trinajstić information content (AvgIpc) is 2.04. The van der Waals surface area contributed by atoms with Crippen LogP contribution in [-0.2, 0) is 0 Å². The Hall–Kier alpha value is -0.600. The van der Waals surface area contributed by atoms with Gasteiger partial charge in [0, 0.05) is 10.6 Å². The van der Waals surface area contributed by atoms with Gasteiger partial charge in [0.05, 0.1) is 6.61 Å². The largest absolute Gasteiger partial charge is 0.393 e. The fraction of sp³-hybridized carbons (Fsp3) is 0.250. The third-order valence-corrected chi connectivity index (χ3v) is 1.75. The van der Waals surface area contributed by atoms with E-state index in [0.717, 1.165) is 0 Å². The highest BCUT2D eigenvalue weighted by atomic mass is 35.5. The molecule has 0 saturated carbocycles. The Morgan fingerprint density at radius 1 is 1.45 bits per heavy atom. The second-order valence-electron chi connectivity index (χ2n) is 2.17. The van der Waals surface area contributed by atoms with Gasteiger partial charge in [-0.3, -0.25) is 0 Å². The van der Waals surface area contributed by atoms with E-state index in [-0.39, 0.29) is 0 Å². The van der Waals surface area contributed by atoms with E-state index in [1.165, 1.54) is 0 Å². The van der Waals surface area contributed by atoms with Gasteiger partial charge in [0.1, 0.15) is 6.17 Å². The number of hydrogen-bond acceptors (Lipinski definition) is 1. The van der Waals surface area contributed by atoms with Crippen molar-refractivity contribution in [3.63, 3.8) is 0 Å². The summed E-state index contributed by atoms with van der Waals surface area (Å²) >= 11 is 5.65. The molecule has 1 N–H and O–H groups in total. The molecular formula is C8H8ClFO. The maximum Gasteiger partial charge on any atom is 0.150 e. The van der Waals surface area contributed by atoms with Gasteiger partial charge in [-0.25, -0.2) is 4.39 Å². The van der Waals surface area contributed by atoms with Crippen LogP contribution in [-0.4, -0.2) is 11.7 Å². The molecule has 0 aliphatic carbocycles. The summed E-state index contributed by atoms with van der Waals surface area (Å²) in [7, 11) is 0. The minimum absolute atomic E-state index is 0.344. The molecule has 0 heterocycles. The van der Waals surface area contributed by atoms with Crippen LogP contribution < -0.4 is 0 Å². The number of halogens is 2. The topological polar surface area (TPSA) is 20.2 Å². The second kappa shape index (κ2) is 3.69. The Balaban J connectivity index is 2.93. The van der Waals surface area contributed by atoms with Crippen molar-refractivity contribution in [1.82, 2.24) is 0 Å². The normalized spacial score (nSPS) is 13.0. The Bertz CT molecular complexity index is 239. The highest BCUT2D eigenvalue weighted by Crippen LogP contribution is 2.24. The molecule has 0 aromatic heterocycles. The summed E-state index contributed by atoms with van der Waals surface area (Å²) in [5.74, 6) is 0. The van der Waals surface area contributed by atoms with Crippen molar-refractivity contribution in [3.8, 4) is 0 Å². The van der Waals surface area contributed by atoms with E-state index in [1.54, 1.807) is 24.3 Å². The van der Waals surface area contributed by atoms with Crippen LogP contribution in [0.2, 0.25) is 5.02 Å². The Morgan fingerprint density at radius 3 is 2.64 bits per heavy atom. The molecule has 1 aromatic rings. The van der Waals surface area contributed by atoms with Crippen LogP contribution in [0.1, 0.15) is 11.7 Å². The summed E-state index contributed by atoms with van der Waals surface area (Å²) in [4.78, 5) is 0. The molecule has 0 fully saturated rings. The zero-order chi connectivity index (χ0) is 8.27. The van der Waals surface area contributed by atoms with Crippen molar-refractivity contribution in [1.29, 1.82) is 0 Å². The number of rotatable bonds is 2. The zero-order valence-electron chi connectivity index (χ0n) is 5.80. The first-order chi connectivity index (χ1) is 5.25. The monoisotopic (exact) mass is 174 g/mol. The van der Waals surface area contributed by atoms with Gasteiger partial charge in [-0.2, -0.15) is 0 Å². The molecule has 1 unspecified atom stereocenters. The average molecular weight is 175 g/mol. The van der Waals surface area contributed by atoms with Crippen molar-refractivity contribution >= 4 is 11.6 Å². The van der Waals surface area contributed by atoms with Crippen LogP contribution in [0.5, 0.6) is 0 Å². The maximum atomic E-state index is 12.8. The zero-order valence-corrected chi connectivity index (χ0v) is 6.55. The van der Waals surface area contributed by atoms with E-state index in [1.807, 2.05) is 0 Å². The number of benzene rings is 1. The van der Waals surface area contributed by atoms with E-state index in [4.69, 9.17) is 16.7 Å². The minimum Gasteiger partial charge on any atom is -0.393 e. The Morgan fingerprint density at radius 2 is 2.09 bits per heavy atom. The fourth-order valence-electron chi connectivity index (χ4n) is 0.827. The lowest BCUT2D eigenvalue weighted by atomic mass is 10.1. The maximum absolute atomic E-state index is 12.8. The van der Waals surface area contributed by atoms with Crippen LogP contribution in [0.15, 0.2) is 24.3 Å². The molecule has 11 heavy (non-hydrogen) atoms. The minimum atomic E-state index is -1.37. The van der Waals surface area contributed by atoms with Crippen LogP contribution in [0.25, 0.3) is 0 Å². The highest BCUT2D eigenvalue weighted by Gasteiger charge is 2.10. The lowest BCUT2D eigenvalue weighted by molar-refractivity contribution is 0.180. The molecule has 0 spiro atoms.